The fourth-order valence-corrected chi connectivity index (χ4v) is 3.04. The summed E-state index contributed by atoms with van der Waals surface area (Å²) < 4.78 is 27.7. The highest BCUT2D eigenvalue weighted by Gasteiger charge is 2.50. The molecule has 0 unspecified atom stereocenters. The van der Waals surface area contributed by atoms with Crippen molar-refractivity contribution in [1.82, 2.24) is 10.2 Å². The van der Waals surface area contributed by atoms with Gasteiger partial charge in [0.15, 0.2) is 0 Å². The Kier molecular flexibility index (Phi) is 4.06. The van der Waals surface area contributed by atoms with Crippen LogP contribution in [0.1, 0.15) is 29.2 Å². The van der Waals surface area contributed by atoms with Gasteiger partial charge in [-0.15, -0.1) is 0 Å². The summed E-state index contributed by atoms with van der Waals surface area (Å²) in [4.78, 5) is 26.2. The van der Waals surface area contributed by atoms with Crippen molar-refractivity contribution in [3.05, 3.63) is 70.3 Å². The quantitative estimate of drug-likeness (QED) is 0.866. The zero-order valence-electron chi connectivity index (χ0n) is 14.2. The Morgan fingerprint density at radius 2 is 1.80 bits per heavy atom. The molecule has 1 N–H and O–H groups in total. The molecule has 6 heteroatoms. The van der Waals surface area contributed by atoms with Gasteiger partial charge >= 0.3 is 6.03 Å². The molecule has 1 fully saturated rings. The van der Waals surface area contributed by atoms with Crippen LogP contribution in [0.4, 0.5) is 13.6 Å². The number of hydrogen-bond acceptors (Lipinski definition) is 2. The van der Waals surface area contributed by atoms with Crippen LogP contribution in [0.15, 0.2) is 36.4 Å². The second kappa shape index (κ2) is 5.95. The van der Waals surface area contributed by atoms with Crippen LogP contribution < -0.4 is 5.32 Å². The molecule has 1 saturated heterocycles. The van der Waals surface area contributed by atoms with E-state index in [-0.39, 0.29) is 12.1 Å². The van der Waals surface area contributed by atoms with Crippen molar-refractivity contribution >= 4 is 11.9 Å². The molecule has 0 saturated carbocycles. The normalized spacial score (nSPS) is 20.1. The number of hydrogen-bond donors (Lipinski definition) is 1. The Hall–Kier alpha value is -2.76. The van der Waals surface area contributed by atoms with Gasteiger partial charge in [0, 0.05) is 5.56 Å². The summed E-state index contributed by atoms with van der Waals surface area (Å²) in [6.07, 6.45) is 0. The van der Waals surface area contributed by atoms with Gasteiger partial charge in [0.1, 0.15) is 17.2 Å². The van der Waals surface area contributed by atoms with Gasteiger partial charge in [-0.3, -0.25) is 9.69 Å². The molecule has 0 bridgehead atoms. The smallest absolute Gasteiger partial charge is 0.319 e. The zero-order valence-corrected chi connectivity index (χ0v) is 14.2. The largest absolute Gasteiger partial charge is 0.325 e. The number of benzene rings is 2. The van der Waals surface area contributed by atoms with Gasteiger partial charge in [0.05, 0.1) is 6.54 Å². The minimum absolute atomic E-state index is 0.0741. The molecular weight excluding hydrogens is 326 g/mol. The van der Waals surface area contributed by atoms with Crippen LogP contribution in [0.25, 0.3) is 0 Å². The van der Waals surface area contributed by atoms with Crippen molar-refractivity contribution < 1.29 is 18.4 Å². The second-order valence-corrected chi connectivity index (χ2v) is 6.50. The average Bonchev–Trinajstić information content (AvgIpc) is 2.77. The molecule has 4 nitrogen and oxygen atoms in total. The first-order valence-corrected chi connectivity index (χ1v) is 7.88. The Bertz CT molecular complexity index is 882. The number of carbonyl (C=O) groups is 2. The van der Waals surface area contributed by atoms with Gasteiger partial charge in [-0.1, -0.05) is 23.8 Å². The maximum atomic E-state index is 14.1. The predicted octanol–water partition coefficient (Wildman–Crippen LogP) is 3.55. The summed E-state index contributed by atoms with van der Waals surface area (Å²) in [5, 5.41) is 2.50. The van der Waals surface area contributed by atoms with Crippen molar-refractivity contribution in [2.24, 2.45) is 0 Å². The van der Waals surface area contributed by atoms with Crippen molar-refractivity contribution in [3.63, 3.8) is 0 Å². The maximum absolute atomic E-state index is 14.1. The number of aryl methyl sites for hydroxylation is 2. The van der Waals surface area contributed by atoms with Crippen LogP contribution in [0, 0.1) is 25.5 Å². The molecule has 1 aliphatic rings. The predicted molar refractivity (Wildman–Crippen MR) is 88.7 cm³/mol. The fraction of sp³-hybridized carbons (Fsp3) is 0.263. The number of imide groups is 1. The minimum Gasteiger partial charge on any atom is -0.319 e. The Morgan fingerprint density at radius 3 is 2.52 bits per heavy atom. The van der Waals surface area contributed by atoms with Crippen LogP contribution in [-0.2, 0) is 16.9 Å². The van der Waals surface area contributed by atoms with E-state index in [1.54, 1.807) is 0 Å². The minimum atomic E-state index is -1.64. The summed E-state index contributed by atoms with van der Waals surface area (Å²) in [7, 11) is 0. The molecule has 0 spiro atoms. The summed E-state index contributed by atoms with van der Waals surface area (Å²) in [5.74, 6) is -2.03. The molecule has 3 rings (SSSR count). The lowest BCUT2D eigenvalue weighted by Crippen LogP contribution is -2.41. The van der Waals surface area contributed by atoms with E-state index in [2.05, 4.69) is 5.32 Å². The van der Waals surface area contributed by atoms with Crippen LogP contribution in [-0.4, -0.2) is 16.8 Å². The third-order valence-electron chi connectivity index (χ3n) is 4.58. The van der Waals surface area contributed by atoms with E-state index in [1.807, 2.05) is 32.0 Å². The number of carbonyl (C=O) groups excluding carboxylic acids is 2. The summed E-state index contributed by atoms with van der Waals surface area (Å²) in [6.45, 7) is 5.26. The average molecular weight is 344 g/mol. The molecule has 0 radical (unpaired) electrons. The summed E-state index contributed by atoms with van der Waals surface area (Å²) in [5.41, 5.74) is 0.950. The van der Waals surface area contributed by atoms with Crippen molar-refractivity contribution in [3.8, 4) is 0 Å². The summed E-state index contributed by atoms with van der Waals surface area (Å²) >= 11 is 0. The van der Waals surface area contributed by atoms with E-state index in [0.717, 1.165) is 39.8 Å². The zero-order chi connectivity index (χ0) is 18.4. The number of halogens is 2. The van der Waals surface area contributed by atoms with Gasteiger partial charge in [0.2, 0.25) is 0 Å². The molecule has 130 valence electrons. The molecule has 0 aromatic heterocycles. The number of nitrogens with one attached hydrogen (secondary N) is 1. The number of rotatable bonds is 3. The standard InChI is InChI=1S/C19H18F2N2O2/c1-11-4-5-12(2)13(8-11)10-23-17(24)19(3,22-18(23)25)15-9-14(20)6-7-16(15)21/h4-9H,10H2,1-3H3,(H,22,25)/t19-/m1/s1. The first-order chi connectivity index (χ1) is 11.7. The van der Waals surface area contributed by atoms with E-state index >= 15 is 0 Å². The molecular formula is C19H18F2N2O2. The van der Waals surface area contributed by atoms with Crippen LogP contribution >= 0.6 is 0 Å². The van der Waals surface area contributed by atoms with Crippen LogP contribution in [0.2, 0.25) is 0 Å². The molecule has 3 amide bonds. The topological polar surface area (TPSA) is 49.4 Å². The van der Waals surface area contributed by atoms with Gasteiger partial charge in [-0.25, -0.2) is 13.6 Å². The fourth-order valence-electron chi connectivity index (χ4n) is 3.04. The SMILES string of the molecule is Cc1ccc(C)c(CN2C(=O)N[C@](C)(c3cc(F)ccc3F)C2=O)c1. The second-order valence-electron chi connectivity index (χ2n) is 6.50. The highest BCUT2D eigenvalue weighted by molar-refractivity contribution is 6.07. The van der Waals surface area contributed by atoms with Crippen molar-refractivity contribution in [2.45, 2.75) is 32.9 Å². The molecule has 2 aromatic rings. The van der Waals surface area contributed by atoms with Gasteiger partial charge in [-0.2, -0.15) is 0 Å². The van der Waals surface area contributed by atoms with E-state index in [9.17, 15) is 18.4 Å². The molecule has 25 heavy (non-hydrogen) atoms. The van der Waals surface area contributed by atoms with E-state index in [0.29, 0.717) is 0 Å². The lowest BCUT2D eigenvalue weighted by Gasteiger charge is -2.23. The molecule has 2 aromatic carbocycles. The van der Waals surface area contributed by atoms with Gasteiger partial charge in [-0.05, 0) is 50.1 Å². The van der Waals surface area contributed by atoms with Gasteiger partial charge < -0.3 is 5.32 Å². The lowest BCUT2D eigenvalue weighted by molar-refractivity contribution is -0.131. The third-order valence-corrected chi connectivity index (χ3v) is 4.58. The molecule has 1 heterocycles. The maximum Gasteiger partial charge on any atom is 0.325 e. The monoisotopic (exact) mass is 344 g/mol. The lowest BCUT2D eigenvalue weighted by atomic mass is 9.91. The third kappa shape index (κ3) is 2.88. The first-order valence-electron chi connectivity index (χ1n) is 7.88. The van der Waals surface area contributed by atoms with E-state index in [1.165, 1.54) is 6.92 Å². The highest BCUT2D eigenvalue weighted by Crippen LogP contribution is 2.32. The highest BCUT2D eigenvalue weighted by atomic mass is 19.1. The van der Waals surface area contributed by atoms with Crippen molar-refractivity contribution in [1.29, 1.82) is 0 Å². The van der Waals surface area contributed by atoms with Crippen LogP contribution in [0.3, 0.4) is 0 Å². The molecule has 1 atom stereocenters. The molecule has 0 aliphatic carbocycles. The van der Waals surface area contributed by atoms with Crippen LogP contribution in [0.5, 0.6) is 0 Å². The number of urea groups is 1. The summed E-state index contributed by atoms with van der Waals surface area (Å²) in [6, 6.07) is 7.98. The van der Waals surface area contributed by atoms with E-state index in [4.69, 9.17) is 0 Å². The van der Waals surface area contributed by atoms with Gasteiger partial charge in [0.25, 0.3) is 5.91 Å². The van der Waals surface area contributed by atoms with E-state index < -0.39 is 29.1 Å². The Balaban J connectivity index is 1.97. The first kappa shape index (κ1) is 17.1. The Labute approximate surface area is 144 Å². The molecule has 1 aliphatic heterocycles. The Morgan fingerprint density at radius 1 is 1.08 bits per heavy atom. The number of amides is 3. The van der Waals surface area contributed by atoms with Crippen molar-refractivity contribution in [2.75, 3.05) is 0 Å². The number of nitrogens with zero attached hydrogens (tertiary/aromatic N) is 1.